The summed E-state index contributed by atoms with van der Waals surface area (Å²) in [6.07, 6.45) is 2.40. The Morgan fingerprint density at radius 1 is 1.25 bits per heavy atom. The van der Waals surface area contributed by atoms with Crippen LogP contribution in [0.25, 0.3) is 0 Å². The monoisotopic (exact) mass is 186 g/mol. The smallest absolute Gasteiger partial charge is 0.193 e. The molecule has 0 radical (unpaired) electrons. The first-order chi connectivity index (χ1) is 5.43. The fraction of sp³-hybridized carbons (Fsp3) is 0.429. The zero-order chi connectivity index (χ0) is 9.35. The molecule has 0 aromatic carbocycles. The van der Waals surface area contributed by atoms with Crippen LogP contribution < -0.4 is 0 Å². The molecule has 0 fully saturated rings. The standard InChI is InChI=1S/C7H10N2O2S/c1-5-6(2)8-4-9-7(5)12(3,10)11/h4H,1-3H3. The van der Waals surface area contributed by atoms with Crippen molar-refractivity contribution in [3.05, 3.63) is 17.6 Å². The van der Waals surface area contributed by atoms with E-state index in [1.165, 1.54) is 6.33 Å². The van der Waals surface area contributed by atoms with Gasteiger partial charge in [-0.25, -0.2) is 18.4 Å². The maximum Gasteiger partial charge on any atom is 0.193 e. The van der Waals surface area contributed by atoms with E-state index in [4.69, 9.17) is 0 Å². The van der Waals surface area contributed by atoms with Crippen molar-refractivity contribution in [3.8, 4) is 0 Å². The lowest BCUT2D eigenvalue weighted by Gasteiger charge is -2.02. The van der Waals surface area contributed by atoms with Gasteiger partial charge in [0.25, 0.3) is 0 Å². The van der Waals surface area contributed by atoms with E-state index in [2.05, 4.69) is 9.97 Å². The Morgan fingerprint density at radius 3 is 2.25 bits per heavy atom. The van der Waals surface area contributed by atoms with Crippen LogP contribution in [0.3, 0.4) is 0 Å². The SMILES string of the molecule is Cc1ncnc(S(C)(=O)=O)c1C. The van der Waals surface area contributed by atoms with Gasteiger partial charge < -0.3 is 0 Å². The molecule has 0 saturated carbocycles. The Balaban J connectivity index is 3.47. The van der Waals surface area contributed by atoms with E-state index < -0.39 is 9.84 Å². The molecule has 5 heteroatoms. The average molecular weight is 186 g/mol. The predicted molar refractivity (Wildman–Crippen MR) is 44.6 cm³/mol. The zero-order valence-corrected chi connectivity index (χ0v) is 8.01. The quantitative estimate of drug-likeness (QED) is 0.599. The topological polar surface area (TPSA) is 59.9 Å². The fourth-order valence-corrected chi connectivity index (χ4v) is 1.83. The molecule has 0 spiro atoms. The van der Waals surface area contributed by atoms with Crippen molar-refractivity contribution < 1.29 is 8.42 Å². The molecule has 0 aliphatic carbocycles. The van der Waals surface area contributed by atoms with Gasteiger partial charge in [-0.2, -0.15) is 0 Å². The van der Waals surface area contributed by atoms with Crippen LogP contribution in [0.15, 0.2) is 11.4 Å². The van der Waals surface area contributed by atoms with Crippen molar-refractivity contribution in [2.45, 2.75) is 18.9 Å². The number of hydrogen-bond donors (Lipinski definition) is 0. The molecule has 0 atom stereocenters. The Labute approximate surface area is 71.6 Å². The summed E-state index contributed by atoms with van der Waals surface area (Å²) >= 11 is 0. The minimum absolute atomic E-state index is 0.120. The first kappa shape index (κ1) is 9.12. The third-order valence-electron chi connectivity index (χ3n) is 1.64. The van der Waals surface area contributed by atoms with Crippen molar-refractivity contribution in [2.75, 3.05) is 6.26 Å². The van der Waals surface area contributed by atoms with Crippen LogP contribution in [0.2, 0.25) is 0 Å². The molecule has 66 valence electrons. The molecule has 0 aliphatic rings. The van der Waals surface area contributed by atoms with Gasteiger partial charge in [0.2, 0.25) is 0 Å². The van der Waals surface area contributed by atoms with Gasteiger partial charge in [-0.1, -0.05) is 0 Å². The summed E-state index contributed by atoms with van der Waals surface area (Å²) < 4.78 is 22.2. The highest BCUT2D eigenvalue weighted by molar-refractivity contribution is 7.90. The first-order valence-electron chi connectivity index (χ1n) is 3.41. The van der Waals surface area contributed by atoms with E-state index in [1.54, 1.807) is 13.8 Å². The molecule has 1 aromatic heterocycles. The van der Waals surface area contributed by atoms with E-state index in [1.807, 2.05) is 0 Å². The molecule has 1 rings (SSSR count). The summed E-state index contributed by atoms with van der Waals surface area (Å²) in [4.78, 5) is 7.59. The van der Waals surface area contributed by atoms with Crippen LogP contribution in [0.1, 0.15) is 11.3 Å². The van der Waals surface area contributed by atoms with Gasteiger partial charge in [0.15, 0.2) is 14.9 Å². The molecule has 0 saturated heterocycles. The molecular formula is C7H10N2O2S. The number of rotatable bonds is 1. The number of hydrogen-bond acceptors (Lipinski definition) is 4. The van der Waals surface area contributed by atoms with Gasteiger partial charge in [0.05, 0.1) is 0 Å². The predicted octanol–water partition coefficient (Wildman–Crippen LogP) is 0.497. The van der Waals surface area contributed by atoms with E-state index in [0.29, 0.717) is 11.3 Å². The molecular weight excluding hydrogens is 176 g/mol. The van der Waals surface area contributed by atoms with Crippen LogP contribution in [0.5, 0.6) is 0 Å². The molecule has 1 aromatic rings. The minimum atomic E-state index is -3.21. The van der Waals surface area contributed by atoms with Gasteiger partial charge in [-0.15, -0.1) is 0 Å². The summed E-state index contributed by atoms with van der Waals surface area (Å²) in [7, 11) is -3.21. The summed E-state index contributed by atoms with van der Waals surface area (Å²) in [6, 6.07) is 0. The van der Waals surface area contributed by atoms with Crippen LogP contribution in [-0.4, -0.2) is 24.6 Å². The highest BCUT2D eigenvalue weighted by Gasteiger charge is 2.13. The molecule has 0 N–H and O–H groups in total. The Hall–Kier alpha value is -0.970. The second-order valence-corrected chi connectivity index (χ2v) is 4.59. The summed E-state index contributed by atoms with van der Waals surface area (Å²) in [5.74, 6) is 0. The van der Waals surface area contributed by atoms with Gasteiger partial charge in [-0.3, -0.25) is 0 Å². The molecule has 0 amide bonds. The summed E-state index contributed by atoms with van der Waals surface area (Å²) in [5.41, 5.74) is 1.32. The molecule has 12 heavy (non-hydrogen) atoms. The normalized spacial score (nSPS) is 11.6. The third-order valence-corrected chi connectivity index (χ3v) is 2.76. The second-order valence-electron chi connectivity index (χ2n) is 2.66. The lowest BCUT2D eigenvalue weighted by molar-refractivity contribution is 0.596. The van der Waals surface area contributed by atoms with Crippen LogP contribution in [-0.2, 0) is 9.84 Å². The average Bonchev–Trinajstić information content (AvgIpc) is 1.92. The Bertz CT molecular complexity index is 398. The van der Waals surface area contributed by atoms with Crippen molar-refractivity contribution >= 4 is 9.84 Å². The highest BCUT2D eigenvalue weighted by Crippen LogP contribution is 2.12. The minimum Gasteiger partial charge on any atom is -0.241 e. The molecule has 0 bridgehead atoms. The molecule has 0 unspecified atom stereocenters. The zero-order valence-electron chi connectivity index (χ0n) is 7.20. The van der Waals surface area contributed by atoms with Gasteiger partial charge in [-0.05, 0) is 13.8 Å². The van der Waals surface area contributed by atoms with Crippen molar-refractivity contribution in [2.24, 2.45) is 0 Å². The third kappa shape index (κ3) is 1.61. The van der Waals surface area contributed by atoms with Crippen molar-refractivity contribution in [1.29, 1.82) is 0 Å². The van der Waals surface area contributed by atoms with E-state index in [0.717, 1.165) is 6.26 Å². The van der Waals surface area contributed by atoms with Crippen LogP contribution in [0, 0.1) is 13.8 Å². The van der Waals surface area contributed by atoms with E-state index >= 15 is 0 Å². The van der Waals surface area contributed by atoms with Crippen LogP contribution >= 0.6 is 0 Å². The van der Waals surface area contributed by atoms with Crippen molar-refractivity contribution in [1.82, 2.24) is 9.97 Å². The Morgan fingerprint density at radius 2 is 1.83 bits per heavy atom. The summed E-state index contributed by atoms with van der Waals surface area (Å²) in [6.45, 7) is 3.46. The van der Waals surface area contributed by atoms with E-state index in [9.17, 15) is 8.42 Å². The summed E-state index contributed by atoms with van der Waals surface area (Å²) in [5, 5.41) is 0.120. The first-order valence-corrected chi connectivity index (χ1v) is 5.30. The second kappa shape index (κ2) is 2.82. The number of aromatic nitrogens is 2. The fourth-order valence-electron chi connectivity index (χ4n) is 0.890. The largest absolute Gasteiger partial charge is 0.241 e. The van der Waals surface area contributed by atoms with E-state index in [-0.39, 0.29) is 5.03 Å². The van der Waals surface area contributed by atoms with Gasteiger partial charge >= 0.3 is 0 Å². The van der Waals surface area contributed by atoms with Crippen LogP contribution in [0.4, 0.5) is 0 Å². The number of nitrogens with zero attached hydrogens (tertiary/aromatic N) is 2. The maximum atomic E-state index is 11.1. The Kier molecular flexibility index (Phi) is 2.14. The highest BCUT2D eigenvalue weighted by atomic mass is 32.2. The maximum absolute atomic E-state index is 11.1. The lowest BCUT2D eigenvalue weighted by atomic mass is 10.3. The van der Waals surface area contributed by atoms with Gasteiger partial charge in [0, 0.05) is 17.5 Å². The van der Waals surface area contributed by atoms with Gasteiger partial charge in [0.1, 0.15) is 6.33 Å². The number of sulfone groups is 1. The molecule has 1 heterocycles. The number of aryl methyl sites for hydroxylation is 1. The van der Waals surface area contributed by atoms with Crippen molar-refractivity contribution in [3.63, 3.8) is 0 Å². The molecule has 4 nitrogen and oxygen atoms in total. The molecule has 0 aliphatic heterocycles. The lowest BCUT2D eigenvalue weighted by Crippen LogP contribution is -2.05.